The maximum atomic E-state index is 10.2. The van der Waals surface area contributed by atoms with Gasteiger partial charge in [0.2, 0.25) is 0 Å². The first-order valence-corrected chi connectivity index (χ1v) is 5.56. The van der Waals surface area contributed by atoms with E-state index in [9.17, 15) is 10.4 Å². The van der Waals surface area contributed by atoms with Crippen molar-refractivity contribution in [1.29, 1.82) is 0 Å². The number of hydrogen-bond acceptors (Lipinski definition) is 4. The van der Waals surface area contributed by atoms with Crippen LogP contribution in [0.25, 0.3) is 0 Å². The summed E-state index contributed by atoms with van der Waals surface area (Å²) in [6.07, 6.45) is 1.63. The number of hydroxylamine groups is 3. The topological polar surface area (TPSA) is 59.6 Å². The Balaban J connectivity index is 2.59. The molecule has 0 radical (unpaired) electrons. The van der Waals surface area contributed by atoms with Gasteiger partial charge in [-0.3, -0.25) is 0 Å². The zero-order valence-electron chi connectivity index (χ0n) is 10.5. The first-order valence-electron chi connectivity index (χ1n) is 5.56. The zero-order chi connectivity index (χ0) is 12.8. The first-order chi connectivity index (χ1) is 7.80. The van der Waals surface area contributed by atoms with E-state index in [0.29, 0.717) is 11.5 Å². The Morgan fingerprint density at radius 3 is 2.29 bits per heavy atom. The molecule has 1 aliphatic rings. The molecule has 1 aromatic rings. The van der Waals surface area contributed by atoms with Crippen molar-refractivity contribution >= 4 is 5.84 Å². The van der Waals surface area contributed by atoms with Gasteiger partial charge in [0.1, 0.15) is 0 Å². The van der Waals surface area contributed by atoms with Gasteiger partial charge in [-0.05, 0) is 39.8 Å². The molecule has 0 fully saturated rings. The molecule has 0 unspecified atom stereocenters. The molecule has 0 amide bonds. The van der Waals surface area contributed by atoms with Crippen molar-refractivity contribution in [1.82, 2.24) is 10.0 Å². The number of pyridine rings is 1. The SMILES string of the molecule is CC1(C)N(O)C(c2ccccn2)=[N+](O)C1(C)C. The van der Waals surface area contributed by atoms with Crippen LogP contribution in [-0.2, 0) is 0 Å². The minimum absolute atomic E-state index is 0.306. The van der Waals surface area contributed by atoms with Crippen LogP contribution in [0.1, 0.15) is 33.4 Å². The van der Waals surface area contributed by atoms with E-state index >= 15 is 0 Å². The lowest BCUT2D eigenvalue weighted by Gasteiger charge is -2.29. The first kappa shape index (κ1) is 11.9. The summed E-state index contributed by atoms with van der Waals surface area (Å²) in [7, 11) is 0. The molecule has 0 spiro atoms. The van der Waals surface area contributed by atoms with E-state index in [1.165, 1.54) is 0 Å². The lowest BCUT2D eigenvalue weighted by molar-refractivity contribution is -0.820. The van der Waals surface area contributed by atoms with Crippen LogP contribution >= 0.6 is 0 Å². The Bertz CT molecular complexity index is 466. The third-order valence-corrected chi connectivity index (χ3v) is 3.85. The Hall–Kier alpha value is -1.62. The van der Waals surface area contributed by atoms with Gasteiger partial charge in [-0.1, -0.05) is 10.8 Å². The minimum Gasteiger partial charge on any atom is -0.354 e. The lowest BCUT2D eigenvalue weighted by atomic mass is 9.84. The summed E-state index contributed by atoms with van der Waals surface area (Å²) < 4.78 is 1.08. The fraction of sp³-hybridized carbons (Fsp3) is 0.500. The van der Waals surface area contributed by atoms with E-state index < -0.39 is 11.1 Å². The molecule has 1 aromatic heterocycles. The Morgan fingerprint density at radius 2 is 1.88 bits per heavy atom. The smallest absolute Gasteiger partial charge is 0.354 e. The summed E-state index contributed by atoms with van der Waals surface area (Å²) in [5.41, 5.74) is -0.695. The van der Waals surface area contributed by atoms with Crippen molar-refractivity contribution in [2.75, 3.05) is 0 Å². The van der Waals surface area contributed by atoms with Crippen molar-refractivity contribution in [3.63, 3.8) is 0 Å². The normalized spacial score (nSPS) is 22.1. The van der Waals surface area contributed by atoms with Gasteiger partial charge in [0, 0.05) is 6.20 Å². The quantitative estimate of drug-likeness (QED) is 0.573. The van der Waals surface area contributed by atoms with Gasteiger partial charge >= 0.3 is 5.84 Å². The molecule has 5 heteroatoms. The highest BCUT2D eigenvalue weighted by Gasteiger charge is 2.62. The van der Waals surface area contributed by atoms with Gasteiger partial charge in [-0.2, -0.15) is 0 Å². The highest BCUT2D eigenvalue weighted by Crippen LogP contribution is 2.36. The van der Waals surface area contributed by atoms with E-state index in [1.54, 1.807) is 18.3 Å². The largest absolute Gasteiger partial charge is 0.368 e. The van der Waals surface area contributed by atoms with E-state index in [4.69, 9.17) is 0 Å². The minimum atomic E-state index is -0.616. The summed E-state index contributed by atoms with van der Waals surface area (Å²) in [5.74, 6) is 0.306. The highest BCUT2D eigenvalue weighted by atomic mass is 16.5. The number of aromatic nitrogens is 1. The average Bonchev–Trinajstić information content (AvgIpc) is 2.40. The monoisotopic (exact) mass is 236 g/mol. The summed E-state index contributed by atoms with van der Waals surface area (Å²) in [6.45, 7) is 7.47. The van der Waals surface area contributed by atoms with Crippen LogP contribution in [0.2, 0.25) is 0 Å². The van der Waals surface area contributed by atoms with Crippen molar-refractivity contribution in [3.8, 4) is 0 Å². The van der Waals surface area contributed by atoms with E-state index in [0.717, 1.165) is 9.80 Å². The fourth-order valence-corrected chi connectivity index (χ4v) is 1.85. The molecule has 0 atom stereocenters. The third-order valence-electron chi connectivity index (χ3n) is 3.85. The zero-order valence-corrected chi connectivity index (χ0v) is 10.5. The number of nitrogens with zero attached hydrogens (tertiary/aromatic N) is 3. The second kappa shape index (κ2) is 3.43. The van der Waals surface area contributed by atoms with Crippen molar-refractivity contribution in [3.05, 3.63) is 30.1 Å². The molecular formula is C12H18N3O2+. The van der Waals surface area contributed by atoms with Gasteiger partial charge in [0.05, 0.1) is 0 Å². The fourth-order valence-electron chi connectivity index (χ4n) is 1.85. The van der Waals surface area contributed by atoms with E-state index in [2.05, 4.69) is 4.98 Å². The molecule has 0 saturated carbocycles. The molecule has 1 aliphatic heterocycles. The van der Waals surface area contributed by atoms with Gasteiger partial charge in [0.15, 0.2) is 16.8 Å². The van der Waals surface area contributed by atoms with Crippen LogP contribution in [0, 0.1) is 0 Å². The van der Waals surface area contributed by atoms with Gasteiger partial charge in [0.25, 0.3) is 0 Å². The lowest BCUT2D eigenvalue weighted by Crippen LogP contribution is -2.54. The van der Waals surface area contributed by atoms with Crippen molar-refractivity contribution < 1.29 is 15.2 Å². The number of amidine groups is 1. The van der Waals surface area contributed by atoms with Gasteiger partial charge in [-0.25, -0.2) is 10.2 Å². The average molecular weight is 236 g/mol. The molecule has 2 rings (SSSR count). The second-order valence-corrected chi connectivity index (χ2v) is 5.28. The predicted octanol–water partition coefficient (Wildman–Crippen LogP) is 1.49. The molecule has 0 saturated heterocycles. The molecular weight excluding hydrogens is 218 g/mol. The van der Waals surface area contributed by atoms with Crippen molar-refractivity contribution in [2.24, 2.45) is 0 Å². The molecule has 2 N–H and O–H groups in total. The van der Waals surface area contributed by atoms with Gasteiger partial charge in [-0.15, -0.1) is 5.06 Å². The third kappa shape index (κ3) is 1.42. The molecule has 5 nitrogen and oxygen atoms in total. The predicted molar refractivity (Wildman–Crippen MR) is 62.2 cm³/mol. The summed E-state index contributed by atoms with van der Waals surface area (Å²) in [6, 6.07) is 5.35. The van der Waals surface area contributed by atoms with Crippen LogP contribution in [0.3, 0.4) is 0 Å². The van der Waals surface area contributed by atoms with Crippen LogP contribution in [0.4, 0.5) is 0 Å². The van der Waals surface area contributed by atoms with Crippen LogP contribution in [0.15, 0.2) is 24.4 Å². The maximum absolute atomic E-state index is 10.2. The second-order valence-electron chi connectivity index (χ2n) is 5.28. The Kier molecular flexibility index (Phi) is 2.39. The molecule has 2 heterocycles. The van der Waals surface area contributed by atoms with Crippen molar-refractivity contribution in [2.45, 2.75) is 38.8 Å². The van der Waals surface area contributed by atoms with Crippen LogP contribution in [-0.4, -0.2) is 42.1 Å². The Labute approximate surface area is 101 Å². The van der Waals surface area contributed by atoms with Crippen LogP contribution < -0.4 is 0 Å². The van der Waals surface area contributed by atoms with Gasteiger partial charge < -0.3 is 5.21 Å². The Morgan fingerprint density at radius 1 is 1.24 bits per heavy atom. The number of rotatable bonds is 1. The van der Waals surface area contributed by atoms with Crippen LogP contribution in [0.5, 0.6) is 0 Å². The van der Waals surface area contributed by atoms with E-state index in [-0.39, 0.29) is 0 Å². The highest BCUT2D eigenvalue weighted by molar-refractivity contribution is 5.93. The molecule has 0 aromatic carbocycles. The molecule has 17 heavy (non-hydrogen) atoms. The molecule has 0 aliphatic carbocycles. The standard InChI is InChI=1S/C12H18N3O2/c1-11(2)12(3,4)15(17)10(14(11)16)9-7-5-6-8-13-9/h5-8,16-17H,1-4H3/q+1. The number of hydrogen-bond donors (Lipinski definition) is 2. The molecule has 92 valence electrons. The summed E-state index contributed by atoms with van der Waals surface area (Å²) >= 11 is 0. The maximum Gasteiger partial charge on any atom is 0.368 e. The van der Waals surface area contributed by atoms with E-state index in [1.807, 2.05) is 33.8 Å². The summed E-state index contributed by atoms with van der Waals surface area (Å²) in [5, 5.41) is 21.5. The molecule has 0 bridgehead atoms. The summed E-state index contributed by atoms with van der Waals surface area (Å²) in [4.78, 5) is 4.15.